The van der Waals surface area contributed by atoms with E-state index >= 15 is 0 Å². The van der Waals surface area contributed by atoms with Gasteiger partial charge in [-0.1, -0.05) is 23.2 Å². The van der Waals surface area contributed by atoms with Crippen LogP contribution in [-0.2, 0) is 0 Å². The Morgan fingerprint density at radius 2 is 1.93 bits per heavy atom. The topological polar surface area (TPSA) is 63.4 Å². The molecule has 9 heteroatoms. The Kier molecular flexibility index (Phi) is 4.81. The molecular formula is C21H15Cl2N5OS. The van der Waals surface area contributed by atoms with Crippen LogP contribution >= 0.6 is 34.5 Å². The monoisotopic (exact) mass is 455 g/mol. The maximum absolute atomic E-state index is 13.4. The molecule has 0 saturated heterocycles. The van der Waals surface area contributed by atoms with Crippen molar-refractivity contribution < 1.29 is 0 Å². The first-order valence-corrected chi connectivity index (χ1v) is 10.8. The Hall–Kier alpha value is -2.74. The van der Waals surface area contributed by atoms with Crippen LogP contribution in [0.3, 0.4) is 0 Å². The fourth-order valence-corrected chi connectivity index (χ4v) is 4.60. The summed E-state index contributed by atoms with van der Waals surface area (Å²) in [5.41, 5.74) is 1.35. The molecule has 150 valence electrons. The molecule has 30 heavy (non-hydrogen) atoms. The van der Waals surface area contributed by atoms with Crippen LogP contribution in [0.2, 0.25) is 10.0 Å². The number of pyridine rings is 1. The molecule has 1 aliphatic heterocycles. The van der Waals surface area contributed by atoms with Gasteiger partial charge < -0.3 is 4.90 Å². The summed E-state index contributed by atoms with van der Waals surface area (Å²) in [4.78, 5) is 30.1. The summed E-state index contributed by atoms with van der Waals surface area (Å²) in [6.45, 7) is 1.68. The summed E-state index contributed by atoms with van der Waals surface area (Å²) in [7, 11) is 2.02. The number of thiophene rings is 1. The molecule has 5 rings (SSSR count). The van der Waals surface area contributed by atoms with Gasteiger partial charge in [0.2, 0.25) is 0 Å². The number of likely N-dealkylation sites (N-methyl/N-ethyl adjacent to an activating group) is 1. The lowest BCUT2D eigenvalue weighted by molar-refractivity contribution is 0.557. The number of aliphatic imine (C=N–C) groups is 1. The summed E-state index contributed by atoms with van der Waals surface area (Å²) >= 11 is 13.6. The lowest BCUT2D eigenvalue weighted by Crippen LogP contribution is -2.23. The molecule has 0 saturated carbocycles. The Bertz CT molecular complexity index is 1360. The fourth-order valence-electron chi connectivity index (χ4n) is 3.45. The summed E-state index contributed by atoms with van der Waals surface area (Å²) in [5.74, 6) is 1.91. The standard InChI is InChI=1S/C21H15Cl2N5OS/c1-27-7-6-24-19(27)12-8-17(30-11-12)20-26-16-4-2-13(22)9-15(16)21(29)28(20)18-5-3-14(23)10-25-18/h2-5,8-11H,6-7H2,1H3. The van der Waals surface area contributed by atoms with Crippen molar-refractivity contribution in [2.75, 3.05) is 20.1 Å². The molecular weight excluding hydrogens is 441 g/mol. The summed E-state index contributed by atoms with van der Waals surface area (Å²) in [6.07, 6.45) is 1.51. The van der Waals surface area contributed by atoms with E-state index in [9.17, 15) is 4.79 Å². The van der Waals surface area contributed by atoms with E-state index in [4.69, 9.17) is 28.2 Å². The molecule has 1 aromatic carbocycles. The second-order valence-corrected chi connectivity index (χ2v) is 8.68. The minimum atomic E-state index is -0.238. The van der Waals surface area contributed by atoms with Crippen molar-refractivity contribution in [2.45, 2.75) is 0 Å². The number of nitrogens with zero attached hydrogens (tertiary/aromatic N) is 5. The Balaban J connectivity index is 1.76. The van der Waals surface area contributed by atoms with Crippen molar-refractivity contribution in [2.24, 2.45) is 4.99 Å². The lowest BCUT2D eigenvalue weighted by atomic mass is 10.2. The van der Waals surface area contributed by atoms with Gasteiger partial charge in [-0.3, -0.25) is 9.79 Å². The van der Waals surface area contributed by atoms with E-state index in [0.29, 0.717) is 32.6 Å². The molecule has 0 atom stereocenters. The highest BCUT2D eigenvalue weighted by atomic mass is 35.5. The molecule has 0 spiro atoms. The molecule has 0 N–H and O–H groups in total. The predicted octanol–water partition coefficient (Wildman–Crippen LogP) is 4.51. The highest BCUT2D eigenvalue weighted by molar-refractivity contribution is 7.13. The normalized spacial score (nSPS) is 13.8. The zero-order chi connectivity index (χ0) is 20.8. The van der Waals surface area contributed by atoms with E-state index < -0.39 is 0 Å². The molecule has 0 aliphatic carbocycles. The maximum Gasteiger partial charge on any atom is 0.267 e. The van der Waals surface area contributed by atoms with Gasteiger partial charge >= 0.3 is 0 Å². The minimum Gasteiger partial charge on any atom is -0.358 e. The number of fused-ring (bicyclic) bond motifs is 1. The smallest absolute Gasteiger partial charge is 0.267 e. The van der Waals surface area contributed by atoms with Crippen molar-refractivity contribution in [1.29, 1.82) is 0 Å². The van der Waals surface area contributed by atoms with Crippen LogP contribution in [0.1, 0.15) is 5.56 Å². The van der Waals surface area contributed by atoms with Crippen LogP contribution in [0.5, 0.6) is 0 Å². The number of amidine groups is 1. The summed E-state index contributed by atoms with van der Waals surface area (Å²) in [5, 5.41) is 3.43. The van der Waals surface area contributed by atoms with Gasteiger partial charge in [-0.2, -0.15) is 0 Å². The van der Waals surface area contributed by atoms with Gasteiger partial charge in [0.15, 0.2) is 5.82 Å². The van der Waals surface area contributed by atoms with Crippen LogP contribution in [0, 0.1) is 0 Å². The molecule has 6 nitrogen and oxygen atoms in total. The van der Waals surface area contributed by atoms with Gasteiger partial charge in [0.25, 0.3) is 5.56 Å². The summed E-state index contributed by atoms with van der Waals surface area (Å²) in [6, 6.07) is 10.5. The molecule has 4 heterocycles. The highest BCUT2D eigenvalue weighted by Gasteiger charge is 2.20. The molecule has 1 aliphatic rings. The van der Waals surface area contributed by atoms with E-state index in [1.165, 1.54) is 22.1 Å². The Morgan fingerprint density at radius 1 is 1.10 bits per heavy atom. The number of halogens is 2. The van der Waals surface area contributed by atoms with E-state index in [2.05, 4.69) is 14.9 Å². The van der Waals surface area contributed by atoms with Crippen LogP contribution in [0.4, 0.5) is 0 Å². The first-order chi connectivity index (χ1) is 14.5. The van der Waals surface area contributed by atoms with Crippen molar-refractivity contribution >= 4 is 51.3 Å². The van der Waals surface area contributed by atoms with E-state index in [0.717, 1.165) is 29.4 Å². The third-order valence-corrected chi connectivity index (χ3v) is 6.29. The van der Waals surface area contributed by atoms with Crippen LogP contribution in [0.15, 0.2) is 57.8 Å². The fraction of sp³-hybridized carbons (Fsp3) is 0.143. The maximum atomic E-state index is 13.4. The van der Waals surface area contributed by atoms with Gasteiger partial charge in [0, 0.05) is 35.8 Å². The van der Waals surface area contributed by atoms with Crippen LogP contribution < -0.4 is 5.56 Å². The highest BCUT2D eigenvalue weighted by Crippen LogP contribution is 2.29. The number of aromatic nitrogens is 3. The first-order valence-electron chi connectivity index (χ1n) is 9.20. The van der Waals surface area contributed by atoms with E-state index in [1.807, 2.05) is 18.5 Å². The number of hydrogen-bond donors (Lipinski definition) is 0. The van der Waals surface area contributed by atoms with Crippen molar-refractivity contribution in [1.82, 2.24) is 19.4 Å². The third-order valence-electron chi connectivity index (χ3n) is 4.91. The molecule has 0 fully saturated rings. The van der Waals surface area contributed by atoms with Crippen molar-refractivity contribution in [3.8, 4) is 16.5 Å². The third kappa shape index (κ3) is 3.29. The lowest BCUT2D eigenvalue weighted by Gasteiger charge is -2.13. The quantitative estimate of drug-likeness (QED) is 0.455. The van der Waals surface area contributed by atoms with Gasteiger partial charge in [0.05, 0.1) is 27.3 Å². The average molecular weight is 456 g/mol. The summed E-state index contributed by atoms with van der Waals surface area (Å²) < 4.78 is 1.50. The van der Waals surface area contributed by atoms with Crippen LogP contribution in [-0.4, -0.2) is 45.4 Å². The molecule has 0 amide bonds. The molecule has 3 aromatic heterocycles. The van der Waals surface area contributed by atoms with Gasteiger partial charge in [-0.15, -0.1) is 11.3 Å². The minimum absolute atomic E-state index is 0.238. The van der Waals surface area contributed by atoms with Crippen LogP contribution in [0.25, 0.3) is 27.4 Å². The molecule has 4 aromatic rings. The average Bonchev–Trinajstić information content (AvgIpc) is 3.38. The second kappa shape index (κ2) is 7.50. The molecule has 0 unspecified atom stereocenters. The van der Waals surface area contributed by atoms with Crippen molar-refractivity contribution in [3.63, 3.8) is 0 Å². The number of benzene rings is 1. The first kappa shape index (κ1) is 19.2. The van der Waals surface area contributed by atoms with Crippen molar-refractivity contribution in [3.05, 3.63) is 73.9 Å². The molecule has 0 radical (unpaired) electrons. The van der Waals surface area contributed by atoms with Gasteiger partial charge in [0.1, 0.15) is 11.7 Å². The second-order valence-electron chi connectivity index (χ2n) is 6.90. The predicted molar refractivity (Wildman–Crippen MR) is 123 cm³/mol. The molecule has 0 bridgehead atoms. The number of hydrogen-bond acceptors (Lipinski definition) is 6. The Morgan fingerprint density at radius 3 is 2.67 bits per heavy atom. The largest absolute Gasteiger partial charge is 0.358 e. The number of rotatable bonds is 3. The zero-order valence-corrected chi connectivity index (χ0v) is 18.2. The van der Waals surface area contributed by atoms with Gasteiger partial charge in [-0.05, 0) is 36.4 Å². The van der Waals surface area contributed by atoms with E-state index in [1.54, 1.807) is 30.3 Å². The zero-order valence-electron chi connectivity index (χ0n) is 15.8. The van der Waals surface area contributed by atoms with Gasteiger partial charge in [-0.25, -0.2) is 14.5 Å². The Labute approximate surface area is 186 Å². The SMILES string of the molecule is CN1CCN=C1c1csc(-c2nc3ccc(Cl)cc3c(=O)n2-c2ccc(Cl)cn2)c1. The van der Waals surface area contributed by atoms with E-state index in [-0.39, 0.29) is 5.56 Å².